The molecule has 2 aromatic heterocycles. The van der Waals surface area contributed by atoms with Gasteiger partial charge in [0.05, 0.1) is 17.1 Å². The number of hydrogen-bond acceptors (Lipinski definition) is 3. The van der Waals surface area contributed by atoms with Gasteiger partial charge in [-0.3, -0.25) is 4.79 Å². The Labute approximate surface area is 145 Å². The molecule has 0 saturated heterocycles. The number of carbonyl (C=O) groups is 1. The number of carbonyl (C=O) groups excluding carboxylic acids is 1. The summed E-state index contributed by atoms with van der Waals surface area (Å²) in [4.78, 5) is 17.2. The molecule has 0 spiro atoms. The van der Waals surface area contributed by atoms with E-state index >= 15 is 0 Å². The fourth-order valence-corrected chi connectivity index (χ4v) is 2.82. The topological polar surface area (TPSA) is 59.8 Å². The van der Waals surface area contributed by atoms with Crippen molar-refractivity contribution in [2.75, 3.05) is 0 Å². The van der Waals surface area contributed by atoms with Crippen molar-refractivity contribution in [3.8, 4) is 0 Å². The molecule has 5 nitrogen and oxygen atoms in total. The van der Waals surface area contributed by atoms with Crippen LogP contribution in [0.3, 0.4) is 0 Å². The molecule has 0 fully saturated rings. The van der Waals surface area contributed by atoms with E-state index < -0.39 is 0 Å². The van der Waals surface area contributed by atoms with Crippen LogP contribution < -0.4 is 5.32 Å². The van der Waals surface area contributed by atoms with Crippen molar-refractivity contribution in [3.05, 3.63) is 58.4 Å². The number of aromatic nitrogens is 3. The molecule has 0 atom stereocenters. The van der Waals surface area contributed by atoms with E-state index in [1.807, 2.05) is 49.7 Å². The highest BCUT2D eigenvalue weighted by atomic mass is 35.5. The van der Waals surface area contributed by atoms with Gasteiger partial charge in [0.15, 0.2) is 5.65 Å². The lowest BCUT2D eigenvalue weighted by atomic mass is 10.1. The lowest BCUT2D eigenvalue weighted by Gasteiger charge is -2.10. The van der Waals surface area contributed by atoms with Crippen LogP contribution in [-0.2, 0) is 6.54 Å². The van der Waals surface area contributed by atoms with Gasteiger partial charge in [-0.1, -0.05) is 29.8 Å². The zero-order valence-corrected chi connectivity index (χ0v) is 14.6. The predicted molar refractivity (Wildman–Crippen MR) is 95.3 cm³/mol. The Morgan fingerprint density at radius 1 is 1.33 bits per heavy atom. The molecule has 0 saturated carbocycles. The first-order chi connectivity index (χ1) is 11.5. The third kappa shape index (κ3) is 3.12. The smallest absolute Gasteiger partial charge is 0.252 e. The van der Waals surface area contributed by atoms with E-state index in [1.165, 1.54) is 0 Å². The molecule has 0 unspecified atom stereocenters. The minimum atomic E-state index is -0.159. The fraction of sp³-hybridized carbons (Fsp3) is 0.278. The number of fused-ring (bicyclic) bond motifs is 1. The van der Waals surface area contributed by atoms with Crippen molar-refractivity contribution < 1.29 is 4.79 Å². The van der Waals surface area contributed by atoms with E-state index in [9.17, 15) is 4.79 Å². The molecular weight excluding hydrogens is 324 g/mol. The minimum Gasteiger partial charge on any atom is -0.348 e. The number of nitrogens with one attached hydrogen (secondary N) is 1. The van der Waals surface area contributed by atoms with Gasteiger partial charge in [-0.2, -0.15) is 5.10 Å². The highest BCUT2D eigenvalue weighted by molar-refractivity contribution is 6.31. The summed E-state index contributed by atoms with van der Waals surface area (Å²) < 4.78 is 1.83. The van der Waals surface area contributed by atoms with Crippen LogP contribution >= 0.6 is 11.6 Å². The summed E-state index contributed by atoms with van der Waals surface area (Å²) in [5.74, 6) is -0.159. The number of nitrogens with zero attached hydrogens (tertiary/aromatic N) is 3. The second-order valence-corrected chi connectivity index (χ2v) is 6.41. The van der Waals surface area contributed by atoms with E-state index in [-0.39, 0.29) is 11.9 Å². The molecule has 0 aliphatic rings. The average Bonchev–Trinajstić information content (AvgIpc) is 2.96. The second kappa shape index (κ2) is 6.61. The Kier molecular flexibility index (Phi) is 4.53. The lowest BCUT2D eigenvalue weighted by molar-refractivity contribution is 0.0952. The molecule has 0 aliphatic carbocycles. The molecule has 6 heteroatoms. The number of rotatable bonds is 4. The Balaban J connectivity index is 1.91. The number of amides is 1. The maximum Gasteiger partial charge on any atom is 0.252 e. The first kappa shape index (κ1) is 16.5. The van der Waals surface area contributed by atoms with Gasteiger partial charge in [0, 0.05) is 23.3 Å². The summed E-state index contributed by atoms with van der Waals surface area (Å²) >= 11 is 6.14. The second-order valence-electron chi connectivity index (χ2n) is 6.01. The standard InChI is InChI=1S/C18H19ClN4O/c1-11(2)23-17-15(10-21-23)14(8-12(3)22-17)18(24)20-9-13-6-4-5-7-16(13)19/h4-8,10-11H,9H2,1-3H3,(H,20,24). The molecule has 24 heavy (non-hydrogen) atoms. The first-order valence-corrected chi connectivity index (χ1v) is 8.21. The summed E-state index contributed by atoms with van der Waals surface area (Å²) in [6, 6.07) is 9.43. The Morgan fingerprint density at radius 3 is 2.79 bits per heavy atom. The molecule has 0 radical (unpaired) electrons. The predicted octanol–water partition coefficient (Wildman–Crippen LogP) is 3.90. The van der Waals surface area contributed by atoms with Crippen molar-refractivity contribution in [2.24, 2.45) is 0 Å². The zero-order valence-electron chi connectivity index (χ0n) is 13.9. The van der Waals surface area contributed by atoms with Crippen LogP contribution in [0.4, 0.5) is 0 Å². The molecule has 0 aliphatic heterocycles. The van der Waals surface area contributed by atoms with Gasteiger partial charge < -0.3 is 5.32 Å². The van der Waals surface area contributed by atoms with Gasteiger partial charge in [0.2, 0.25) is 0 Å². The zero-order chi connectivity index (χ0) is 17.3. The number of aryl methyl sites for hydroxylation is 1. The van der Waals surface area contributed by atoms with Crippen LogP contribution in [0.15, 0.2) is 36.5 Å². The number of benzene rings is 1. The molecular formula is C18H19ClN4O. The van der Waals surface area contributed by atoms with E-state index in [0.29, 0.717) is 17.1 Å². The van der Waals surface area contributed by atoms with Crippen molar-refractivity contribution in [2.45, 2.75) is 33.4 Å². The van der Waals surface area contributed by atoms with Gasteiger partial charge >= 0.3 is 0 Å². The van der Waals surface area contributed by atoms with Crippen LogP contribution in [-0.4, -0.2) is 20.7 Å². The van der Waals surface area contributed by atoms with E-state index in [1.54, 1.807) is 12.3 Å². The van der Waals surface area contributed by atoms with Crippen LogP contribution in [0, 0.1) is 6.92 Å². The minimum absolute atomic E-state index is 0.159. The van der Waals surface area contributed by atoms with Gasteiger partial charge in [0.25, 0.3) is 5.91 Å². The number of halogens is 1. The van der Waals surface area contributed by atoms with Crippen LogP contribution in [0.5, 0.6) is 0 Å². The number of pyridine rings is 1. The Morgan fingerprint density at radius 2 is 2.08 bits per heavy atom. The fourth-order valence-electron chi connectivity index (χ4n) is 2.62. The maximum atomic E-state index is 12.7. The van der Waals surface area contributed by atoms with Crippen molar-refractivity contribution in [1.82, 2.24) is 20.1 Å². The van der Waals surface area contributed by atoms with E-state index in [4.69, 9.17) is 11.6 Å². The third-order valence-electron chi connectivity index (χ3n) is 3.83. The van der Waals surface area contributed by atoms with Gasteiger partial charge in [-0.15, -0.1) is 0 Å². The average molecular weight is 343 g/mol. The molecule has 3 rings (SSSR count). The highest BCUT2D eigenvalue weighted by Crippen LogP contribution is 2.21. The summed E-state index contributed by atoms with van der Waals surface area (Å²) in [6.45, 7) is 6.32. The molecule has 2 heterocycles. The quantitative estimate of drug-likeness (QED) is 0.782. The monoisotopic (exact) mass is 342 g/mol. The van der Waals surface area contributed by atoms with Gasteiger partial charge in [-0.25, -0.2) is 9.67 Å². The first-order valence-electron chi connectivity index (χ1n) is 7.84. The molecule has 1 aromatic carbocycles. The normalized spacial score (nSPS) is 11.2. The molecule has 1 amide bonds. The third-order valence-corrected chi connectivity index (χ3v) is 4.19. The van der Waals surface area contributed by atoms with Gasteiger partial charge in [-0.05, 0) is 38.5 Å². The SMILES string of the molecule is Cc1cc(C(=O)NCc2ccccc2Cl)c2cnn(C(C)C)c2n1. The molecule has 0 bridgehead atoms. The Bertz CT molecular complexity index is 901. The summed E-state index contributed by atoms with van der Waals surface area (Å²) in [5, 5.41) is 8.69. The highest BCUT2D eigenvalue weighted by Gasteiger charge is 2.16. The van der Waals surface area contributed by atoms with E-state index in [0.717, 1.165) is 22.3 Å². The van der Waals surface area contributed by atoms with Crippen molar-refractivity contribution in [3.63, 3.8) is 0 Å². The summed E-state index contributed by atoms with van der Waals surface area (Å²) in [7, 11) is 0. The van der Waals surface area contributed by atoms with Crippen molar-refractivity contribution >= 4 is 28.5 Å². The van der Waals surface area contributed by atoms with Gasteiger partial charge in [0.1, 0.15) is 0 Å². The Hall–Kier alpha value is -2.40. The van der Waals surface area contributed by atoms with Crippen LogP contribution in [0.2, 0.25) is 5.02 Å². The molecule has 1 N–H and O–H groups in total. The lowest BCUT2D eigenvalue weighted by Crippen LogP contribution is -2.23. The van der Waals surface area contributed by atoms with Crippen molar-refractivity contribution in [1.29, 1.82) is 0 Å². The van der Waals surface area contributed by atoms with Crippen LogP contribution in [0.25, 0.3) is 11.0 Å². The summed E-state index contributed by atoms with van der Waals surface area (Å²) in [5.41, 5.74) is 2.98. The maximum absolute atomic E-state index is 12.7. The number of hydrogen-bond donors (Lipinski definition) is 1. The molecule has 3 aromatic rings. The van der Waals surface area contributed by atoms with Crippen LogP contribution in [0.1, 0.15) is 41.5 Å². The van der Waals surface area contributed by atoms with E-state index in [2.05, 4.69) is 15.4 Å². The largest absolute Gasteiger partial charge is 0.348 e. The molecule has 124 valence electrons. The summed E-state index contributed by atoms with van der Waals surface area (Å²) in [6.07, 6.45) is 1.70.